The summed E-state index contributed by atoms with van der Waals surface area (Å²) in [7, 11) is -2.74. The Balaban J connectivity index is 1.28. The number of sulfonamides is 1. The normalized spacial score (nSPS) is 16.7. The van der Waals surface area contributed by atoms with E-state index in [0.717, 1.165) is 26.4 Å². The van der Waals surface area contributed by atoms with Crippen molar-refractivity contribution in [3.8, 4) is 5.75 Å². The molecule has 1 heterocycles. The number of nitrogens with zero attached hydrogens (tertiary/aromatic N) is 2. The largest absolute Gasteiger partial charge is 0.497 e. The molecule has 1 aliphatic heterocycles. The van der Waals surface area contributed by atoms with E-state index in [4.69, 9.17) is 15.9 Å². The summed E-state index contributed by atoms with van der Waals surface area (Å²) in [6, 6.07) is 24.0. The molecule has 4 aromatic carbocycles. The second-order valence-corrected chi connectivity index (χ2v) is 13.4. The van der Waals surface area contributed by atoms with Crippen LogP contribution in [-0.4, -0.2) is 67.6 Å². The average molecular weight is 626 g/mol. The van der Waals surface area contributed by atoms with Gasteiger partial charge in [0, 0.05) is 24.7 Å². The quantitative estimate of drug-likeness (QED) is 0.182. The van der Waals surface area contributed by atoms with Crippen molar-refractivity contribution in [2.45, 2.75) is 42.8 Å². The minimum atomic E-state index is -4.29. The highest BCUT2D eigenvalue weighted by molar-refractivity contribution is 7.89. The van der Waals surface area contributed by atoms with Gasteiger partial charge in [-0.1, -0.05) is 54.6 Å². The Labute approximate surface area is 262 Å². The maximum Gasteiger partial charge on any atom is 0.244 e. The maximum atomic E-state index is 14.3. The Bertz CT molecular complexity index is 1890. The molecule has 1 atom stereocenters. The van der Waals surface area contributed by atoms with E-state index < -0.39 is 28.5 Å². The number of methoxy groups -OCH3 is 1. The predicted molar refractivity (Wildman–Crippen MR) is 171 cm³/mol. The van der Waals surface area contributed by atoms with E-state index in [1.54, 1.807) is 54.5 Å². The van der Waals surface area contributed by atoms with E-state index in [1.165, 1.54) is 6.07 Å². The Morgan fingerprint density at radius 1 is 1.00 bits per heavy atom. The molecule has 232 valence electrons. The molecule has 2 amide bonds. The first-order chi connectivity index (χ1) is 21.6. The summed E-state index contributed by atoms with van der Waals surface area (Å²) in [5.74, 6) is -0.333. The highest BCUT2D eigenvalue weighted by Crippen LogP contribution is 2.30. The second kappa shape index (κ2) is 12.3. The lowest BCUT2D eigenvalue weighted by Gasteiger charge is -2.28. The van der Waals surface area contributed by atoms with Crippen molar-refractivity contribution in [2.24, 2.45) is 5.73 Å². The molecule has 45 heavy (non-hydrogen) atoms. The first-order valence-electron chi connectivity index (χ1n) is 14.8. The van der Waals surface area contributed by atoms with Crippen LogP contribution in [0.2, 0.25) is 0 Å². The second-order valence-electron chi connectivity index (χ2n) is 11.5. The summed E-state index contributed by atoms with van der Waals surface area (Å²) >= 11 is 0. The molecular formula is C34H35N5O5S. The first-order valence-corrected chi connectivity index (χ1v) is 16.2. The van der Waals surface area contributed by atoms with Crippen molar-refractivity contribution in [2.75, 3.05) is 20.2 Å². The Kier molecular flexibility index (Phi) is 8.30. The van der Waals surface area contributed by atoms with E-state index in [-0.39, 0.29) is 35.6 Å². The van der Waals surface area contributed by atoms with Gasteiger partial charge in [-0.15, -0.1) is 0 Å². The smallest absolute Gasteiger partial charge is 0.244 e. The summed E-state index contributed by atoms with van der Waals surface area (Å²) in [4.78, 5) is 28.9. The lowest BCUT2D eigenvalue weighted by molar-refractivity contribution is -0.132. The van der Waals surface area contributed by atoms with Gasteiger partial charge in [0.2, 0.25) is 21.8 Å². The van der Waals surface area contributed by atoms with Crippen LogP contribution < -0.4 is 15.8 Å². The van der Waals surface area contributed by atoms with Crippen molar-refractivity contribution in [1.29, 1.82) is 5.41 Å². The lowest BCUT2D eigenvalue weighted by atomic mass is 10.1. The van der Waals surface area contributed by atoms with Crippen LogP contribution >= 0.6 is 0 Å². The number of rotatable bonds is 10. The number of hydrogen-bond acceptors (Lipinski definition) is 6. The van der Waals surface area contributed by atoms with Gasteiger partial charge in [0.25, 0.3) is 0 Å². The van der Waals surface area contributed by atoms with Gasteiger partial charge in [-0.05, 0) is 77.1 Å². The Hall–Kier alpha value is -4.74. The van der Waals surface area contributed by atoms with E-state index in [2.05, 4.69) is 5.32 Å². The molecule has 0 aromatic heterocycles. The van der Waals surface area contributed by atoms with Gasteiger partial charge in [-0.25, -0.2) is 8.42 Å². The van der Waals surface area contributed by atoms with Crippen LogP contribution in [0.5, 0.6) is 5.75 Å². The molecule has 0 unspecified atom stereocenters. The first kappa shape index (κ1) is 30.3. The maximum absolute atomic E-state index is 14.3. The van der Waals surface area contributed by atoms with E-state index in [0.29, 0.717) is 36.1 Å². The fourth-order valence-corrected chi connectivity index (χ4v) is 7.87. The highest BCUT2D eigenvalue weighted by atomic mass is 32.2. The van der Waals surface area contributed by atoms with Gasteiger partial charge in [-0.3, -0.25) is 15.0 Å². The minimum absolute atomic E-state index is 0.00951. The molecule has 6 rings (SSSR count). The van der Waals surface area contributed by atoms with Gasteiger partial charge in [0.05, 0.1) is 18.6 Å². The van der Waals surface area contributed by atoms with Gasteiger partial charge >= 0.3 is 0 Å². The van der Waals surface area contributed by atoms with Crippen molar-refractivity contribution in [3.05, 3.63) is 107 Å². The molecule has 0 bridgehead atoms. The third-order valence-electron chi connectivity index (χ3n) is 8.57. The van der Waals surface area contributed by atoms with E-state index in [1.807, 2.05) is 36.4 Å². The molecule has 1 saturated heterocycles. The number of amides is 2. The number of hydrogen-bond donors (Lipinski definition) is 3. The Morgan fingerprint density at radius 2 is 1.73 bits per heavy atom. The third kappa shape index (κ3) is 6.27. The zero-order chi connectivity index (χ0) is 31.7. The topological polar surface area (TPSA) is 146 Å². The number of nitrogens with two attached hydrogens (primary N) is 1. The van der Waals surface area contributed by atoms with Crippen LogP contribution in [0.15, 0.2) is 89.8 Å². The summed E-state index contributed by atoms with van der Waals surface area (Å²) in [5, 5.41) is 12.2. The average Bonchev–Trinajstić information content (AvgIpc) is 3.61. The molecular weight excluding hydrogens is 590 g/mol. The number of carbonyl (C=O) groups excluding carboxylic acids is 2. The number of benzene rings is 4. The van der Waals surface area contributed by atoms with Gasteiger partial charge in [0.15, 0.2) is 0 Å². The molecule has 1 aliphatic carbocycles. The fourth-order valence-electron chi connectivity index (χ4n) is 6.27. The molecule has 4 N–H and O–H groups in total. The summed E-state index contributed by atoms with van der Waals surface area (Å²) in [6.45, 7) is 0.0519. The van der Waals surface area contributed by atoms with Crippen LogP contribution in [0.4, 0.5) is 0 Å². The molecule has 10 nitrogen and oxygen atoms in total. The standard InChI is InChI=1S/C34H35N5O5S/c1-44-29-11-9-23-10-12-30(19-27(23)18-29)45(42,43)39(21-32(40)37-28-16-24-6-2-3-7-25(24)17-28)31-13-14-38(34(31)41)20-22-5-4-8-26(15-22)33(35)36/h2-12,15,18-19,28,31H,13-14,16-17,20-21H2,1H3,(H3,35,36)(H,37,40)/t31-/m0/s1. The van der Waals surface area contributed by atoms with Crippen LogP contribution in [-0.2, 0) is 39.0 Å². The van der Waals surface area contributed by atoms with Crippen LogP contribution in [0.25, 0.3) is 10.8 Å². The van der Waals surface area contributed by atoms with Crippen molar-refractivity contribution >= 4 is 38.4 Å². The van der Waals surface area contributed by atoms with Crippen LogP contribution in [0, 0.1) is 5.41 Å². The Morgan fingerprint density at radius 3 is 2.44 bits per heavy atom. The van der Waals surface area contributed by atoms with E-state index in [9.17, 15) is 18.0 Å². The molecule has 4 aromatic rings. The number of nitrogen functional groups attached to an aromatic ring is 1. The van der Waals surface area contributed by atoms with Gasteiger partial charge in [0.1, 0.15) is 17.6 Å². The molecule has 0 spiro atoms. The monoisotopic (exact) mass is 625 g/mol. The molecule has 1 fully saturated rings. The zero-order valence-electron chi connectivity index (χ0n) is 24.9. The molecule has 2 aliphatic rings. The fraction of sp³-hybridized carbons (Fsp3) is 0.265. The SMILES string of the molecule is COc1ccc2ccc(S(=O)(=O)N(CC(=O)NC3Cc4ccccc4C3)[C@H]3CCN(Cc4cccc(C(=N)N)c4)C3=O)cc2c1. The predicted octanol–water partition coefficient (Wildman–Crippen LogP) is 3.21. The number of amidine groups is 1. The van der Waals surface area contributed by atoms with E-state index >= 15 is 0 Å². The number of nitrogens with one attached hydrogen (secondary N) is 2. The summed E-state index contributed by atoms with van der Waals surface area (Å²) < 4.78 is 35.0. The molecule has 0 radical (unpaired) electrons. The van der Waals surface area contributed by atoms with Crippen molar-refractivity contribution < 1.29 is 22.7 Å². The third-order valence-corrected chi connectivity index (χ3v) is 10.4. The summed E-state index contributed by atoms with van der Waals surface area (Å²) in [6.07, 6.45) is 1.56. The molecule has 11 heteroatoms. The lowest BCUT2D eigenvalue weighted by Crippen LogP contribution is -2.50. The highest BCUT2D eigenvalue weighted by Gasteiger charge is 2.43. The molecule has 0 saturated carbocycles. The van der Waals surface area contributed by atoms with Crippen molar-refractivity contribution in [1.82, 2.24) is 14.5 Å². The van der Waals surface area contributed by atoms with Gasteiger partial charge in [-0.2, -0.15) is 4.31 Å². The van der Waals surface area contributed by atoms with Crippen LogP contribution in [0.3, 0.4) is 0 Å². The zero-order valence-corrected chi connectivity index (χ0v) is 25.7. The number of carbonyl (C=O) groups is 2. The number of ether oxygens (including phenoxy) is 1. The van der Waals surface area contributed by atoms with Crippen molar-refractivity contribution in [3.63, 3.8) is 0 Å². The number of likely N-dealkylation sites (tertiary alicyclic amines) is 1. The minimum Gasteiger partial charge on any atom is -0.497 e. The summed E-state index contributed by atoms with van der Waals surface area (Å²) in [5.41, 5.74) is 9.28. The van der Waals surface area contributed by atoms with Gasteiger partial charge < -0.3 is 20.7 Å². The number of fused-ring (bicyclic) bond motifs is 2. The van der Waals surface area contributed by atoms with Crippen LogP contribution in [0.1, 0.15) is 28.7 Å².